The first kappa shape index (κ1) is 14.0. The molecule has 1 amide bonds. The van der Waals surface area contributed by atoms with Crippen LogP contribution in [0, 0.1) is 0 Å². The maximum Gasteiger partial charge on any atom is 0.240 e. The maximum absolute atomic E-state index is 12.1. The molecule has 104 valence electrons. The summed E-state index contributed by atoms with van der Waals surface area (Å²) >= 11 is 0. The average Bonchev–Trinajstić information content (AvgIpc) is 2.36. The number of nitrogens with two attached hydrogens (primary N) is 1. The summed E-state index contributed by atoms with van der Waals surface area (Å²) in [5, 5.41) is 10.1. The first-order chi connectivity index (χ1) is 9.04. The number of benzene rings is 1. The largest absolute Gasteiger partial charge is 0.386 e. The Morgan fingerprint density at radius 3 is 2.63 bits per heavy atom. The van der Waals surface area contributed by atoms with Gasteiger partial charge in [-0.25, -0.2) is 0 Å². The van der Waals surface area contributed by atoms with Crippen molar-refractivity contribution in [3.63, 3.8) is 0 Å². The molecule has 1 aromatic rings. The van der Waals surface area contributed by atoms with Gasteiger partial charge in [-0.3, -0.25) is 4.79 Å². The van der Waals surface area contributed by atoms with Gasteiger partial charge in [-0.2, -0.15) is 0 Å². The molecular weight excluding hydrogens is 240 g/mol. The number of rotatable bonds is 5. The van der Waals surface area contributed by atoms with Crippen LogP contribution in [0.15, 0.2) is 30.3 Å². The van der Waals surface area contributed by atoms with Gasteiger partial charge < -0.3 is 15.7 Å². The van der Waals surface area contributed by atoms with Gasteiger partial charge in [0.05, 0.1) is 24.7 Å². The van der Waals surface area contributed by atoms with Crippen LogP contribution in [0.2, 0.25) is 0 Å². The van der Waals surface area contributed by atoms with E-state index in [0.29, 0.717) is 19.5 Å². The fraction of sp³-hybridized carbons (Fsp3) is 0.533. The number of β-amino-alcohol motifs (C(OH)–C–C–N with tert-alkyl or cyclic N) is 1. The highest BCUT2D eigenvalue weighted by Gasteiger charge is 2.43. The molecule has 1 fully saturated rings. The number of nitrogens with zero attached hydrogens (tertiary/aromatic N) is 1. The number of hydrogen-bond donors (Lipinski definition) is 2. The molecule has 0 aromatic heterocycles. The minimum atomic E-state index is -0.684. The van der Waals surface area contributed by atoms with Crippen molar-refractivity contribution in [3.8, 4) is 0 Å². The summed E-state index contributed by atoms with van der Waals surface area (Å²) in [6, 6.07) is 9.24. The number of amides is 1. The second-order valence-corrected chi connectivity index (χ2v) is 5.46. The van der Waals surface area contributed by atoms with E-state index in [9.17, 15) is 9.90 Å². The molecule has 4 heteroatoms. The van der Waals surface area contributed by atoms with Crippen molar-refractivity contribution in [2.75, 3.05) is 13.1 Å². The number of hydrogen-bond acceptors (Lipinski definition) is 3. The summed E-state index contributed by atoms with van der Waals surface area (Å²) in [6.07, 6.45) is 2.21. The molecule has 1 aliphatic heterocycles. The fourth-order valence-electron chi connectivity index (χ4n) is 2.63. The number of likely N-dealkylation sites (tertiary alicyclic amines) is 1. The molecule has 0 bridgehead atoms. The molecule has 0 spiro atoms. The molecule has 1 atom stereocenters. The van der Waals surface area contributed by atoms with Crippen LogP contribution in [0.1, 0.15) is 25.3 Å². The molecule has 0 aliphatic carbocycles. The van der Waals surface area contributed by atoms with E-state index in [-0.39, 0.29) is 5.91 Å². The molecular formula is C15H22N2O2. The molecule has 0 saturated carbocycles. The Hall–Kier alpha value is -1.39. The summed E-state index contributed by atoms with van der Waals surface area (Å²) in [5.41, 5.74) is 6.33. The molecule has 1 aliphatic rings. The third-order valence-corrected chi connectivity index (χ3v) is 3.61. The Kier molecular flexibility index (Phi) is 4.22. The Balaban J connectivity index is 1.85. The van der Waals surface area contributed by atoms with Gasteiger partial charge >= 0.3 is 0 Å². The lowest BCUT2D eigenvalue weighted by molar-refractivity contribution is -0.157. The molecule has 1 heterocycles. The highest BCUT2D eigenvalue weighted by atomic mass is 16.3. The maximum atomic E-state index is 12.1. The van der Waals surface area contributed by atoms with Gasteiger partial charge in [0.1, 0.15) is 0 Å². The summed E-state index contributed by atoms with van der Waals surface area (Å²) in [4.78, 5) is 13.8. The Morgan fingerprint density at radius 1 is 1.42 bits per heavy atom. The van der Waals surface area contributed by atoms with Crippen molar-refractivity contribution in [2.45, 2.75) is 37.8 Å². The van der Waals surface area contributed by atoms with Crippen molar-refractivity contribution in [2.24, 2.45) is 5.73 Å². The van der Waals surface area contributed by atoms with Crippen LogP contribution >= 0.6 is 0 Å². The quantitative estimate of drug-likeness (QED) is 0.829. The second-order valence-electron chi connectivity index (χ2n) is 5.46. The first-order valence-electron chi connectivity index (χ1n) is 6.85. The standard InChI is InChI=1S/C15H22N2O2/c1-2-8-15(19)10-17(11-15)14(18)13(16)9-12-6-4-3-5-7-12/h3-7,13,19H,2,8-11,16H2,1H3. The molecule has 1 saturated heterocycles. The molecule has 3 N–H and O–H groups in total. The monoisotopic (exact) mass is 262 g/mol. The fourth-order valence-corrected chi connectivity index (χ4v) is 2.63. The van der Waals surface area contributed by atoms with Gasteiger partial charge in [-0.05, 0) is 18.4 Å². The van der Waals surface area contributed by atoms with Crippen LogP contribution in [-0.2, 0) is 11.2 Å². The van der Waals surface area contributed by atoms with E-state index in [0.717, 1.165) is 18.4 Å². The smallest absolute Gasteiger partial charge is 0.240 e. The third-order valence-electron chi connectivity index (χ3n) is 3.61. The number of carbonyl (C=O) groups is 1. The van der Waals surface area contributed by atoms with Crippen molar-refractivity contribution in [1.29, 1.82) is 0 Å². The Morgan fingerprint density at radius 2 is 2.05 bits per heavy atom. The van der Waals surface area contributed by atoms with Crippen LogP contribution in [-0.4, -0.2) is 40.6 Å². The lowest BCUT2D eigenvalue weighted by Crippen LogP contribution is -2.66. The predicted octanol–water partition coefficient (Wildman–Crippen LogP) is 0.930. The van der Waals surface area contributed by atoms with Crippen molar-refractivity contribution >= 4 is 5.91 Å². The van der Waals surface area contributed by atoms with Crippen LogP contribution in [0.3, 0.4) is 0 Å². The van der Waals surface area contributed by atoms with E-state index in [1.807, 2.05) is 37.3 Å². The lowest BCUT2D eigenvalue weighted by atomic mass is 9.88. The second kappa shape index (κ2) is 5.72. The van der Waals surface area contributed by atoms with Crippen molar-refractivity contribution in [1.82, 2.24) is 4.90 Å². The SMILES string of the molecule is CCCC1(O)CN(C(=O)C(N)Cc2ccccc2)C1. The zero-order valence-corrected chi connectivity index (χ0v) is 11.4. The Bertz CT molecular complexity index is 427. The van der Waals surface area contributed by atoms with Gasteiger partial charge in [0, 0.05) is 0 Å². The summed E-state index contributed by atoms with van der Waals surface area (Å²) in [6.45, 7) is 2.87. The van der Waals surface area contributed by atoms with Gasteiger partial charge in [0.15, 0.2) is 0 Å². The van der Waals surface area contributed by atoms with Gasteiger partial charge in [-0.15, -0.1) is 0 Å². The topological polar surface area (TPSA) is 66.6 Å². The number of aliphatic hydroxyl groups is 1. The van der Waals surface area contributed by atoms with Crippen LogP contribution in [0.25, 0.3) is 0 Å². The zero-order chi connectivity index (χ0) is 13.9. The third kappa shape index (κ3) is 3.33. The summed E-state index contributed by atoms with van der Waals surface area (Å²) in [7, 11) is 0. The van der Waals surface area contributed by atoms with Gasteiger partial charge in [0.25, 0.3) is 0 Å². The molecule has 1 aromatic carbocycles. The van der Waals surface area contributed by atoms with E-state index in [1.54, 1.807) is 4.90 Å². The van der Waals surface area contributed by atoms with E-state index in [1.165, 1.54) is 0 Å². The highest BCUT2D eigenvalue weighted by molar-refractivity contribution is 5.83. The predicted molar refractivity (Wildman–Crippen MR) is 74.6 cm³/mol. The lowest BCUT2D eigenvalue weighted by Gasteiger charge is -2.47. The van der Waals surface area contributed by atoms with Gasteiger partial charge in [-0.1, -0.05) is 43.7 Å². The van der Waals surface area contributed by atoms with E-state index in [4.69, 9.17) is 5.73 Å². The molecule has 2 rings (SSSR count). The highest BCUT2D eigenvalue weighted by Crippen LogP contribution is 2.26. The minimum Gasteiger partial charge on any atom is -0.386 e. The van der Waals surface area contributed by atoms with E-state index >= 15 is 0 Å². The van der Waals surface area contributed by atoms with Crippen LogP contribution < -0.4 is 5.73 Å². The van der Waals surface area contributed by atoms with Crippen molar-refractivity contribution in [3.05, 3.63) is 35.9 Å². The minimum absolute atomic E-state index is 0.0652. The van der Waals surface area contributed by atoms with Gasteiger partial charge in [0.2, 0.25) is 5.91 Å². The van der Waals surface area contributed by atoms with E-state index < -0.39 is 11.6 Å². The van der Waals surface area contributed by atoms with Crippen LogP contribution in [0.5, 0.6) is 0 Å². The number of carbonyl (C=O) groups excluding carboxylic acids is 1. The van der Waals surface area contributed by atoms with E-state index in [2.05, 4.69) is 0 Å². The molecule has 0 radical (unpaired) electrons. The Labute approximate surface area is 114 Å². The van der Waals surface area contributed by atoms with Crippen LogP contribution in [0.4, 0.5) is 0 Å². The summed E-state index contributed by atoms with van der Waals surface area (Å²) < 4.78 is 0. The molecule has 1 unspecified atom stereocenters. The van der Waals surface area contributed by atoms with Crippen molar-refractivity contribution < 1.29 is 9.90 Å². The first-order valence-corrected chi connectivity index (χ1v) is 6.85. The zero-order valence-electron chi connectivity index (χ0n) is 11.4. The normalized spacial score (nSPS) is 18.8. The summed E-state index contributed by atoms with van der Waals surface area (Å²) in [5.74, 6) is -0.0652. The average molecular weight is 262 g/mol. The molecule has 4 nitrogen and oxygen atoms in total. The molecule has 19 heavy (non-hydrogen) atoms.